The van der Waals surface area contributed by atoms with Crippen molar-refractivity contribution in [1.29, 1.82) is 0 Å². The molecule has 5 heteroatoms. The number of carboxylic acids is 1. The number of aryl methyl sites for hydroxylation is 1. The number of ether oxygens (including phenoxy) is 1. The van der Waals surface area contributed by atoms with E-state index in [2.05, 4.69) is 0 Å². The summed E-state index contributed by atoms with van der Waals surface area (Å²) in [5.74, 6) is -0.286. The van der Waals surface area contributed by atoms with Crippen molar-refractivity contribution in [2.24, 2.45) is 0 Å². The van der Waals surface area contributed by atoms with Gasteiger partial charge in [-0.05, 0) is 36.1 Å². The number of carbonyl (C=O) groups is 2. The molecule has 1 aromatic heterocycles. The second-order valence-electron chi connectivity index (χ2n) is 4.29. The third-order valence-electron chi connectivity index (χ3n) is 2.87. The van der Waals surface area contributed by atoms with Gasteiger partial charge in [0, 0.05) is 11.1 Å². The van der Waals surface area contributed by atoms with Crippen LogP contribution < -0.4 is 4.74 Å². The Morgan fingerprint density at radius 3 is 2.63 bits per heavy atom. The second-order valence-corrected chi connectivity index (χ2v) is 5.37. The fourth-order valence-corrected chi connectivity index (χ4v) is 2.92. The van der Waals surface area contributed by atoms with E-state index in [0.29, 0.717) is 4.88 Å². The van der Waals surface area contributed by atoms with E-state index in [1.54, 1.807) is 7.11 Å². The molecule has 2 rings (SSSR count). The number of Topliss-reactive ketones (excluding diaryl/α,β-unsaturated/α-hetero) is 1. The molecular weight excluding hydrogens is 264 g/mol. The summed E-state index contributed by atoms with van der Waals surface area (Å²) in [6.45, 7) is 1.95. The minimum atomic E-state index is -0.952. The summed E-state index contributed by atoms with van der Waals surface area (Å²) < 4.78 is 6.22. The Labute approximate surface area is 114 Å². The highest BCUT2D eigenvalue weighted by molar-refractivity contribution is 7.20. The van der Waals surface area contributed by atoms with Crippen molar-refractivity contribution in [2.45, 2.75) is 19.8 Å². The Bertz CT molecular complexity index is 642. The van der Waals surface area contributed by atoms with E-state index in [-0.39, 0.29) is 18.6 Å². The van der Waals surface area contributed by atoms with Gasteiger partial charge in [0.05, 0.1) is 18.4 Å². The summed E-state index contributed by atoms with van der Waals surface area (Å²) in [6.07, 6.45) is -0.0896. The number of rotatable bonds is 5. The molecule has 0 aliphatic heterocycles. The zero-order chi connectivity index (χ0) is 14.0. The molecular formula is C14H14O4S. The lowest BCUT2D eigenvalue weighted by molar-refractivity contribution is -0.136. The predicted octanol–water partition coefficient (Wildman–Crippen LogP) is 3.27. The van der Waals surface area contributed by atoms with Gasteiger partial charge in [-0.1, -0.05) is 0 Å². The Hall–Kier alpha value is -1.88. The summed E-state index contributed by atoms with van der Waals surface area (Å²) in [4.78, 5) is 22.9. The number of benzene rings is 1. The number of methoxy groups -OCH3 is 1. The van der Waals surface area contributed by atoms with Crippen molar-refractivity contribution in [1.82, 2.24) is 0 Å². The molecule has 19 heavy (non-hydrogen) atoms. The van der Waals surface area contributed by atoms with Crippen molar-refractivity contribution >= 4 is 33.2 Å². The number of carbonyl (C=O) groups excluding carboxylic acids is 1. The molecule has 0 aliphatic carbocycles. The molecule has 0 amide bonds. The highest BCUT2D eigenvalue weighted by Gasteiger charge is 2.13. The van der Waals surface area contributed by atoms with Gasteiger partial charge in [-0.25, -0.2) is 0 Å². The van der Waals surface area contributed by atoms with Gasteiger partial charge in [0.25, 0.3) is 0 Å². The standard InChI is InChI=1S/C14H14O4S/c1-8-5-9-6-13(10(15)3-4-14(16)17)19-12(9)7-11(8)18-2/h5-7H,3-4H2,1-2H3,(H,16,17). The number of ketones is 1. The molecule has 4 nitrogen and oxygen atoms in total. The van der Waals surface area contributed by atoms with E-state index in [0.717, 1.165) is 21.4 Å². The number of carboxylic acid groups (broad SMARTS) is 1. The van der Waals surface area contributed by atoms with Gasteiger partial charge < -0.3 is 9.84 Å². The van der Waals surface area contributed by atoms with E-state index in [9.17, 15) is 9.59 Å². The average molecular weight is 278 g/mol. The zero-order valence-electron chi connectivity index (χ0n) is 10.7. The average Bonchev–Trinajstić information content (AvgIpc) is 2.77. The van der Waals surface area contributed by atoms with Gasteiger partial charge in [-0.15, -0.1) is 11.3 Å². The summed E-state index contributed by atoms with van der Waals surface area (Å²) in [7, 11) is 1.61. The molecule has 2 aromatic rings. The normalized spacial score (nSPS) is 10.6. The minimum absolute atomic E-state index is 0.0400. The van der Waals surface area contributed by atoms with Crippen LogP contribution in [0.3, 0.4) is 0 Å². The molecule has 1 heterocycles. The summed E-state index contributed by atoms with van der Waals surface area (Å²) in [5.41, 5.74) is 1.01. The molecule has 0 spiro atoms. The first-order chi connectivity index (χ1) is 9.01. The zero-order valence-corrected chi connectivity index (χ0v) is 11.5. The van der Waals surface area contributed by atoms with Crippen molar-refractivity contribution in [2.75, 3.05) is 7.11 Å². The highest BCUT2D eigenvalue weighted by Crippen LogP contribution is 2.32. The Morgan fingerprint density at radius 2 is 2.00 bits per heavy atom. The van der Waals surface area contributed by atoms with Crippen LogP contribution in [0.2, 0.25) is 0 Å². The van der Waals surface area contributed by atoms with E-state index in [4.69, 9.17) is 9.84 Å². The maximum Gasteiger partial charge on any atom is 0.303 e. The van der Waals surface area contributed by atoms with Gasteiger partial charge in [0.15, 0.2) is 5.78 Å². The van der Waals surface area contributed by atoms with Crippen LogP contribution in [0.4, 0.5) is 0 Å². The smallest absolute Gasteiger partial charge is 0.303 e. The van der Waals surface area contributed by atoms with Crippen LogP contribution in [-0.2, 0) is 4.79 Å². The molecule has 0 radical (unpaired) electrons. The van der Waals surface area contributed by atoms with Crippen LogP contribution >= 0.6 is 11.3 Å². The largest absolute Gasteiger partial charge is 0.496 e. The molecule has 0 saturated heterocycles. The van der Waals surface area contributed by atoms with Crippen molar-refractivity contribution in [3.05, 3.63) is 28.6 Å². The molecule has 0 atom stereocenters. The van der Waals surface area contributed by atoms with E-state index in [1.165, 1.54) is 11.3 Å². The number of aliphatic carboxylic acids is 1. The highest BCUT2D eigenvalue weighted by atomic mass is 32.1. The van der Waals surface area contributed by atoms with Gasteiger partial charge >= 0.3 is 5.97 Å². The quantitative estimate of drug-likeness (QED) is 0.853. The molecule has 0 unspecified atom stereocenters. The first-order valence-electron chi connectivity index (χ1n) is 5.84. The SMILES string of the molecule is COc1cc2sc(C(=O)CCC(=O)O)cc2cc1C. The molecule has 0 bridgehead atoms. The Kier molecular flexibility index (Phi) is 3.85. The van der Waals surface area contributed by atoms with E-state index >= 15 is 0 Å². The van der Waals surface area contributed by atoms with E-state index in [1.807, 2.05) is 25.1 Å². The third-order valence-corrected chi connectivity index (χ3v) is 4.01. The van der Waals surface area contributed by atoms with Crippen molar-refractivity contribution in [3.63, 3.8) is 0 Å². The minimum Gasteiger partial charge on any atom is -0.496 e. The fraction of sp³-hybridized carbons (Fsp3) is 0.286. The number of thiophene rings is 1. The maximum absolute atomic E-state index is 11.9. The van der Waals surface area contributed by atoms with Crippen LogP contribution in [0.5, 0.6) is 5.75 Å². The summed E-state index contributed by atoms with van der Waals surface area (Å²) >= 11 is 1.37. The molecule has 0 fully saturated rings. The van der Waals surface area contributed by atoms with Crippen molar-refractivity contribution in [3.8, 4) is 5.75 Å². The molecule has 1 aromatic carbocycles. The van der Waals surface area contributed by atoms with Gasteiger partial charge in [0.2, 0.25) is 0 Å². The van der Waals surface area contributed by atoms with Crippen LogP contribution in [0.25, 0.3) is 10.1 Å². The molecule has 0 saturated carbocycles. The van der Waals surface area contributed by atoms with Crippen LogP contribution in [0, 0.1) is 6.92 Å². The Morgan fingerprint density at radius 1 is 1.26 bits per heavy atom. The van der Waals surface area contributed by atoms with E-state index < -0.39 is 5.97 Å². The van der Waals surface area contributed by atoms with Gasteiger partial charge in [0.1, 0.15) is 5.75 Å². The van der Waals surface area contributed by atoms with Crippen LogP contribution in [-0.4, -0.2) is 24.0 Å². The first-order valence-corrected chi connectivity index (χ1v) is 6.66. The predicted molar refractivity (Wildman–Crippen MR) is 74.3 cm³/mol. The lowest BCUT2D eigenvalue weighted by Gasteiger charge is -2.03. The lowest BCUT2D eigenvalue weighted by Crippen LogP contribution is -2.01. The summed E-state index contributed by atoms with van der Waals surface area (Å²) in [5, 5.41) is 9.58. The maximum atomic E-state index is 11.9. The topological polar surface area (TPSA) is 63.6 Å². The number of hydrogen-bond donors (Lipinski definition) is 1. The van der Waals surface area contributed by atoms with Gasteiger partial charge in [-0.3, -0.25) is 9.59 Å². The van der Waals surface area contributed by atoms with Crippen LogP contribution in [0.15, 0.2) is 18.2 Å². The first kappa shape index (κ1) is 13.5. The Balaban J connectivity index is 2.31. The van der Waals surface area contributed by atoms with Gasteiger partial charge in [-0.2, -0.15) is 0 Å². The van der Waals surface area contributed by atoms with Crippen molar-refractivity contribution < 1.29 is 19.4 Å². The third kappa shape index (κ3) is 2.93. The fourth-order valence-electron chi connectivity index (χ4n) is 1.88. The number of fused-ring (bicyclic) bond motifs is 1. The molecule has 100 valence electrons. The van der Waals surface area contributed by atoms with Crippen LogP contribution in [0.1, 0.15) is 28.1 Å². The second kappa shape index (κ2) is 5.40. The summed E-state index contributed by atoms with van der Waals surface area (Å²) in [6, 6.07) is 5.69. The monoisotopic (exact) mass is 278 g/mol. The number of hydrogen-bond acceptors (Lipinski definition) is 4. The molecule has 1 N–H and O–H groups in total. The lowest BCUT2D eigenvalue weighted by atomic mass is 10.1. The molecule has 0 aliphatic rings.